The molecule has 16 heavy (non-hydrogen) atoms. The summed E-state index contributed by atoms with van der Waals surface area (Å²) >= 11 is 5.00. The molecule has 3 nitrogen and oxygen atoms in total. The summed E-state index contributed by atoms with van der Waals surface area (Å²) < 4.78 is 2.67. The molecule has 1 unspecified atom stereocenters. The van der Waals surface area contributed by atoms with E-state index < -0.39 is 6.10 Å². The Balaban J connectivity index is 2.44. The van der Waals surface area contributed by atoms with E-state index >= 15 is 0 Å². The fourth-order valence-corrected chi connectivity index (χ4v) is 3.11. The fraction of sp³-hybridized carbons (Fsp3) is 0.364. The van der Waals surface area contributed by atoms with Crippen LogP contribution in [0, 0.1) is 6.92 Å². The first-order valence-electron chi connectivity index (χ1n) is 5.08. The van der Waals surface area contributed by atoms with E-state index in [9.17, 15) is 5.11 Å². The van der Waals surface area contributed by atoms with Gasteiger partial charge in [-0.3, -0.25) is 4.68 Å². The van der Waals surface area contributed by atoms with Crippen molar-refractivity contribution in [2.45, 2.75) is 26.5 Å². The maximum atomic E-state index is 10.4. The molecule has 0 saturated carbocycles. The highest BCUT2D eigenvalue weighted by atomic mass is 79.9. The molecule has 0 aromatic carbocycles. The first-order chi connectivity index (χ1) is 7.65. The highest BCUT2D eigenvalue weighted by Gasteiger charge is 2.21. The number of thiophene rings is 1. The summed E-state index contributed by atoms with van der Waals surface area (Å²) in [7, 11) is 0. The van der Waals surface area contributed by atoms with Crippen LogP contribution in [0.5, 0.6) is 0 Å². The molecule has 5 heteroatoms. The second-order valence-corrected chi connectivity index (χ2v) is 5.37. The third-order valence-corrected chi connectivity index (χ3v) is 4.22. The minimum atomic E-state index is -0.600. The summed E-state index contributed by atoms with van der Waals surface area (Å²) in [4.78, 5) is 0.982. The van der Waals surface area contributed by atoms with Crippen molar-refractivity contribution >= 4 is 27.3 Å². The number of aryl methyl sites for hydroxylation is 2. The van der Waals surface area contributed by atoms with Crippen molar-refractivity contribution in [2.75, 3.05) is 0 Å². The first-order valence-corrected chi connectivity index (χ1v) is 6.75. The zero-order valence-corrected chi connectivity index (χ0v) is 11.5. The third-order valence-electron chi connectivity index (χ3n) is 2.54. The lowest BCUT2D eigenvalue weighted by Crippen LogP contribution is -2.09. The number of aliphatic hydroxyl groups is 1. The van der Waals surface area contributed by atoms with E-state index in [0.717, 1.165) is 27.2 Å². The Hall–Kier alpha value is -0.650. The van der Waals surface area contributed by atoms with E-state index in [1.807, 2.05) is 30.0 Å². The van der Waals surface area contributed by atoms with Gasteiger partial charge >= 0.3 is 0 Å². The molecule has 2 aromatic rings. The van der Waals surface area contributed by atoms with Crippen molar-refractivity contribution < 1.29 is 5.11 Å². The molecule has 86 valence electrons. The number of rotatable bonds is 3. The van der Waals surface area contributed by atoms with Gasteiger partial charge in [-0.15, -0.1) is 11.3 Å². The predicted molar refractivity (Wildman–Crippen MR) is 68.7 cm³/mol. The molecule has 2 heterocycles. The van der Waals surface area contributed by atoms with Crippen LogP contribution in [0.2, 0.25) is 0 Å². The van der Waals surface area contributed by atoms with E-state index in [1.54, 1.807) is 17.5 Å². The van der Waals surface area contributed by atoms with Crippen molar-refractivity contribution in [3.8, 4) is 0 Å². The Kier molecular flexibility index (Phi) is 3.47. The van der Waals surface area contributed by atoms with Crippen LogP contribution in [0.25, 0.3) is 0 Å². The number of hydrogen-bond acceptors (Lipinski definition) is 3. The quantitative estimate of drug-likeness (QED) is 0.946. The summed E-state index contributed by atoms with van der Waals surface area (Å²) in [6.07, 6.45) is 1.13. The molecule has 0 radical (unpaired) electrons. The van der Waals surface area contributed by atoms with Gasteiger partial charge in [0.1, 0.15) is 6.10 Å². The molecule has 1 N–H and O–H groups in total. The summed E-state index contributed by atoms with van der Waals surface area (Å²) in [5, 5.41) is 16.6. The van der Waals surface area contributed by atoms with Crippen LogP contribution in [0.15, 0.2) is 22.1 Å². The van der Waals surface area contributed by atoms with Gasteiger partial charge in [0.2, 0.25) is 0 Å². The van der Waals surface area contributed by atoms with Gasteiger partial charge in [0.25, 0.3) is 0 Å². The van der Waals surface area contributed by atoms with Crippen LogP contribution in [-0.2, 0) is 6.54 Å². The number of nitrogens with zero attached hydrogens (tertiary/aromatic N) is 2. The Labute approximate surface area is 107 Å². The summed E-state index contributed by atoms with van der Waals surface area (Å²) in [5.41, 5.74) is 1.95. The molecule has 0 amide bonds. The zero-order chi connectivity index (χ0) is 11.7. The number of aliphatic hydroxyl groups excluding tert-OH is 1. The van der Waals surface area contributed by atoms with Gasteiger partial charge in [0, 0.05) is 11.4 Å². The van der Waals surface area contributed by atoms with Crippen LogP contribution >= 0.6 is 27.3 Å². The van der Waals surface area contributed by atoms with Crippen LogP contribution < -0.4 is 0 Å². The largest absolute Gasteiger partial charge is 0.381 e. The maximum Gasteiger partial charge on any atom is 0.131 e. The van der Waals surface area contributed by atoms with Gasteiger partial charge in [-0.25, -0.2) is 0 Å². The van der Waals surface area contributed by atoms with Gasteiger partial charge < -0.3 is 5.11 Å². The monoisotopic (exact) mass is 300 g/mol. The Morgan fingerprint density at radius 3 is 2.94 bits per heavy atom. The molecule has 0 aliphatic rings. The van der Waals surface area contributed by atoms with Crippen molar-refractivity contribution in [1.82, 2.24) is 9.78 Å². The van der Waals surface area contributed by atoms with E-state index in [0.29, 0.717) is 0 Å². The number of halogens is 1. The lowest BCUT2D eigenvalue weighted by molar-refractivity contribution is 0.210. The molecular weight excluding hydrogens is 288 g/mol. The van der Waals surface area contributed by atoms with Crippen LogP contribution in [-0.4, -0.2) is 14.9 Å². The minimum absolute atomic E-state index is 0.600. The van der Waals surface area contributed by atoms with Crippen LogP contribution in [0.3, 0.4) is 0 Å². The van der Waals surface area contributed by atoms with E-state index in [4.69, 9.17) is 0 Å². The lowest BCUT2D eigenvalue weighted by atomic mass is 10.1. The number of aromatic nitrogens is 2. The summed E-state index contributed by atoms with van der Waals surface area (Å²) in [5.74, 6) is 0. The van der Waals surface area contributed by atoms with Gasteiger partial charge in [0.05, 0.1) is 16.4 Å². The highest BCUT2D eigenvalue weighted by molar-refractivity contribution is 9.10. The molecule has 0 aliphatic carbocycles. The zero-order valence-electron chi connectivity index (χ0n) is 9.14. The van der Waals surface area contributed by atoms with Gasteiger partial charge in [-0.05, 0) is 46.8 Å². The standard InChI is InChI=1S/C11H13BrN2OS/c1-3-14-9(8(12)6-13-14)10(15)11-7(2)4-5-16-11/h4-6,10,15H,3H2,1-2H3. The molecule has 2 aromatic heterocycles. The molecule has 1 atom stereocenters. The van der Waals surface area contributed by atoms with Crippen molar-refractivity contribution in [3.05, 3.63) is 38.3 Å². The molecule has 0 bridgehead atoms. The van der Waals surface area contributed by atoms with E-state index in [1.165, 1.54) is 0 Å². The smallest absolute Gasteiger partial charge is 0.131 e. The van der Waals surface area contributed by atoms with Crippen molar-refractivity contribution in [3.63, 3.8) is 0 Å². The normalized spacial score (nSPS) is 13.0. The van der Waals surface area contributed by atoms with Crippen LogP contribution in [0.1, 0.15) is 29.2 Å². The van der Waals surface area contributed by atoms with Gasteiger partial charge in [-0.2, -0.15) is 5.10 Å². The fourth-order valence-electron chi connectivity index (χ4n) is 1.68. The molecular formula is C11H13BrN2OS. The van der Waals surface area contributed by atoms with Gasteiger partial charge in [0.15, 0.2) is 0 Å². The van der Waals surface area contributed by atoms with Crippen molar-refractivity contribution in [1.29, 1.82) is 0 Å². The minimum Gasteiger partial charge on any atom is -0.381 e. The Bertz CT molecular complexity index is 492. The molecule has 0 saturated heterocycles. The molecule has 0 aliphatic heterocycles. The highest BCUT2D eigenvalue weighted by Crippen LogP contribution is 2.33. The average Bonchev–Trinajstić information content (AvgIpc) is 2.83. The maximum absolute atomic E-state index is 10.4. The molecule has 0 spiro atoms. The molecule has 2 rings (SSSR count). The third kappa shape index (κ3) is 1.95. The second-order valence-electron chi connectivity index (χ2n) is 3.56. The summed E-state index contributed by atoms with van der Waals surface area (Å²) in [6, 6.07) is 2.02. The second kappa shape index (κ2) is 4.69. The first kappa shape index (κ1) is 11.8. The Morgan fingerprint density at radius 1 is 1.62 bits per heavy atom. The summed E-state index contributed by atoms with van der Waals surface area (Å²) in [6.45, 7) is 4.77. The van der Waals surface area contributed by atoms with E-state index in [2.05, 4.69) is 21.0 Å². The van der Waals surface area contributed by atoms with Crippen LogP contribution in [0.4, 0.5) is 0 Å². The Morgan fingerprint density at radius 2 is 2.38 bits per heavy atom. The lowest BCUT2D eigenvalue weighted by Gasteiger charge is -2.12. The van der Waals surface area contributed by atoms with E-state index in [-0.39, 0.29) is 0 Å². The van der Waals surface area contributed by atoms with Gasteiger partial charge in [-0.1, -0.05) is 0 Å². The molecule has 0 fully saturated rings. The average molecular weight is 301 g/mol. The topological polar surface area (TPSA) is 38.0 Å². The van der Waals surface area contributed by atoms with Crippen molar-refractivity contribution in [2.24, 2.45) is 0 Å². The number of hydrogen-bond donors (Lipinski definition) is 1. The predicted octanol–water partition coefficient (Wildman–Crippen LogP) is 3.12. The SMILES string of the molecule is CCn1ncc(Br)c1C(O)c1sccc1C.